The second-order valence-electron chi connectivity index (χ2n) is 2.04. The molecule has 1 aromatic heterocycles. The summed E-state index contributed by atoms with van der Waals surface area (Å²) in [5, 5.41) is 10.0. The molecule has 0 saturated heterocycles. The van der Waals surface area contributed by atoms with Gasteiger partial charge in [-0.2, -0.15) is 0 Å². The Kier molecular flexibility index (Phi) is 2.54. The molecular formula is C6H4ClFN2O2. The van der Waals surface area contributed by atoms with E-state index in [1.807, 2.05) is 0 Å². The van der Waals surface area contributed by atoms with Crippen molar-refractivity contribution in [2.75, 3.05) is 0 Å². The van der Waals surface area contributed by atoms with E-state index in [9.17, 15) is 14.5 Å². The van der Waals surface area contributed by atoms with Gasteiger partial charge in [0.15, 0.2) is 0 Å². The highest BCUT2D eigenvalue weighted by molar-refractivity contribution is 6.31. The van der Waals surface area contributed by atoms with Crippen molar-refractivity contribution in [3.05, 3.63) is 33.1 Å². The van der Waals surface area contributed by atoms with Crippen LogP contribution in [0.15, 0.2) is 12.3 Å². The first kappa shape index (κ1) is 8.86. The van der Waals surface area contributed by atoms with Crippen LogP contribution in [0.2, 0.25) is 5.15 Å². The van der Waals surface area contributed by atoms with Crippen LogP contribution in [-0.4, -0.2) is 9.91 Å². The standard InChI is InChI=1S/C6H4ClFN2O2/c7-6-5(10(11)12)1-4(2-8)3-9-6/h1,3H,2H2. The van der Waals surface area contributed by atoms with Crippen molar-refractivity contribution in [1.29, 1.82) is 0 Å². The first-order valence-corrected chi connectivity index (χ1v) is 3.37. The van der Waals surface area contributed by atoms with Crippen molar-refractivity contribution in [3.8, 4) is 0 Å². The number of alkyl halides is 1. The lowest BCUT2D eigenvalue weighted by molar-refractivity contribution is -0.385. The lowest BCUT2D eigenvalue weighted by Crippen LogP contribution is -1.93. The zero-order valence-corrected chi connectivity index (χ0v) is 6.58. The third kappa shape index (κ3) is 1.68. The SMILES string of the molecule is O=[N+]([O-])c1cc(CF)cnc1Cl. The summed E-state index contributed by atoms with van der Waals surface area (Å²) >= 11 is 5.37. The Morgan fingerprint density at radius 3 is 2.92 bits per heavy atom. The van der Waals surface area contributed by atoms with Gasteiger partial charge in [-0.25, -0.2) is 9.37 Å². The van der Waals surface area contributed by atoms with Gasteiger partial charge in [-0.1, -0.05) is 11.6 Å². The Balaban J connectivity index is 3.17. The van der Waals surface area contributed by atoms with Crippen LogP contribution in [0.1, 0.15) is 5.56 Å². The maximum absolute atomic E-state index is 12.0. The fourth-order valence-corrected chi connectivity index (χ4v) is 0.852. The van der Waals surface area contributed by atoms with Crippen LogP contribution in [0.4, 0.5) is 10.1 Å². The molecule has 0 saturated carbocycles. The number of rotatable bonds is 2. The van der Waals surface area contributed by atoms with Gasteiger partial charge in [0.05, 0.1) is 4.92 Å². The summed E-state index contributed by atoms with van der Waals surface area (Å²) in [5.74, 6) is 0. The number of aromatic nitrogens is 1. The molecule has 0 fully saturated rings. The topological polar surface area (TPSA) is 56.0 Å². The Labute approximate surface area is 72.1 Å². The number of hydrogen-bond acceptors (Lipinski definition) is 3. The van der Waals surface area contributed by atoms with E-state index in [1.165, 1.54) is 0 Å². The molecule has 1 aromatic rings. The van der Waals surface area contributed by atoms with E-state index in [4.69, 9.17) is 11.6 Å². The van der Waals surface area contributed by atoms with Gasteiger partial charge in [0, 0.05) is 17.8 Å². The van der Waals surface area contributed by atoms with Gasteiger partial charge < -0.3 is 0 Å². The summed E-state index contributed by atoms with van der Waals surface area (Å²) in [6.07, 6.45) is 1.16. The van der Waals surface area contributed by atoms with Crippen LogP contribution < -0.4 is 0 Å². The molecule has 1 heterocycles. The molecule has 0 aliphatic rings. The van der Waals surface area contributed by atoms with Gasteiger partial charge in [-0.15, -0.1) is 0 Å². The van der Waals surface area contributed by atoms with Crippen LogP contribution >= 0.6 is 11.6 Å². The molecule has 0 aromatic carbocycles. The van der Waals surface area contributed by atoms with Crippen molar-refractivity contribution in [1.82, 2.24) is 4.98 Å². The fourth-order valence-electron chi connectivity index (χ4n) is 0.679. The molecule has 0 atom stereocenters. The largest absolute Gasteiger partial charge is 0.306 e. The molecule has 64 valence electrons. The van der Waals surface area contributed by atoms with Crippen molar-refractivity contribution in [2.45, 2.75) is 6.67 Å². The highest BCUT2D eigenvalue weighted by Crippen LogP contribution is 2.22. The van der Waals surface area contributed by atoms with Crippen LogP contribution in [0, 0.1) is 10.1 Å². The Morgan fingerprint density at radius 1 is 1.75 bits per heavy atom. The predicted octanol–water partition coefficient (Wildman–Crippen LogP) is 2.11. The number of halogens is 2. The van der Waals surface area contributed by atoms with E-state index in [0.717, 1.165) is 12.3 Å². The van der Waals surface area contributed by atoms with E-state index in [2.05, 4.69) is 4.98 Å². The molecular weight excluding hydrogens is 187 g/mol. The van der Waals surface area contributed by atoms with E-state index < -0.39 is 11.6 Å². The Morgan fingerprint density at radius 2 is 2.42 bits per heavy atom. The smallest absolute Gasteiger partial charge is 0.258 e. The Bertz CT molecular complexity index is 318. The molecule has 0 bridgehead atoms. The minimum absolute atomic E-state index is 0.145. The minimum Gasteiger partial charge on any atom is -0.258 e. The molecule has 0 unspecified atom stereocenters. The molecule has 6 heteroatoms. The summed E-state index contributed by atoms with van der Waals surface area (Å²) in [5.41, 5.74) is -0.224. The second-order valence-corrected chi connectivity index (χ2v) is 2.40. The first-order valence-electron chi connectivity index (χ1n) is 3.00. The highest BCUT2D eigenvalue weighted by atomic mass is 35.5. The summed E-state index contributed by atoms with van der Waals surface area (Å²) in [6.45, 7) is -0.787. The van der Waals surface area contributed by atoms with E-state index in [-0.39, 0.29) is 16.4 Å². The van der Waals surface area contributed by atoms with E-state index in [0.29, 0.717) is 0 Å². The molecule has 12 heavy (non-hydrogen) atoms. The van der Waals surface area contributed by atoms with Crippen LogP contribution in [0.5, 0.6) is 0 Å². The van der Waals surface area contributed by atoms with Gasteiger partial charge in [0.25, 0.3) is 0 Å². The molecule has 1 rings (SSSR count). The summed E-state index contributed by atoms with van der Waals surface area (Å²) in [7, 11) is 0. The van der Waals surface area contributed by atoms with E-state index >= 15 is 0 Å². The van der Waals surface area contributed by atoms with Crippen molar-refractivity contribution in [3.63, 3.8) is 0 Å². The van der Waals surface area contributed by atoms with Gasteiger partial charge in [-0.05, 0) is 0 Å². The summed E-state index contributed by atoms with van der Waals surface area (Å²) in [6, 6.07) is 1.06. The second kappa shape index (κ2) is 3.44. The lowest BCUT2D eigenvalue weighted by Gasteiger charge is -1.95. The number of hydrogen-bond donors (Lipinski definition) is 0. The number of nitro groups is 1. The van der Waals surface area contributed by atoms with Crippen LogP contribution in [0.3, 0.4) is 0 Å². The molecule has 4 nitrogen and oxygen atoms in total. The predicted molar refractivity (Wildman–Crippen MR) is 40.7 cm³/mol. The summed E-state index contributed by atoms with van der Waals surface area (Å²) < 4.78 is 12.0. The molecule has 0 radical (unpaired) electrons. The maximum atomic E-state index is 12.0. The molecule has 0 N–H and O–H groups in total. The average molecular weight is 191 g/mol. The van der Waals surface area contributed by atoms with Gasteiger partial charge in [0.2, 0.25) is 5.15 Å². The van der Waals surface area contributed by atoms with Gasteiger partial charge >= 0.3 is 5.69 Å². The third-order valence-corrected chi connectivity index (χ3v) is 1.52. The fraction of sp³-hybridized carbons (Fsp3) is 0.167. The van der Waals surface area contributed by atoms with Gasteiger partial charge in [-0.3, -0.25) is 10.1 Å². The monoisotopic (exact) mass is 190 g/mol. The van der Waals surface area contributed by atoms with Crippen molar-refractivity contribution in [2.24, 2.45) is 0 Å². The van der Waals surface area contributed by atoms with E-state index in [1.54, 1.807) is 0 Å². The van der Waals surface area contributed by atoms with Crippen LogP contribution in [-0.2, 0) is 6.67 Å². The maximum Gasteiger partial charge on any atom is 0.306 e. The first-order chi connectivity index (χ1) is 5.65. The minimum atomic E-state index is -0.787. The normalized spacial score (nSPS) is 9.83. The third-order valence-electron chi connectivity index (χ3n) is 1.23. The molecule has 0 aliphatic carbocycles. The zero-order valence-electron chi connectivity index (χ0n) is 5.83. The molecule has 0 amide bonds. The average Bonchev–Trinajstić information content (AvgIpc) is 2.05. The number of nitrogens with zero attached hydrogens (tertiary/aromatic N) is 2. The highest BCUT2D eigenvalue weighted by Gasteiger charge is 2.13. The van der Waals surface area contributed by atoms with Gasteiger partial charge in [0.1, 0.15) is 6.67 Å². The molecule has 0 aliphatic heterocycles. The number of pyridine rings is 1. The quantitative estimate of drug-likeness (QED) is 0.408. The summed E-state index contributed by atoms with van der Waals surface area (Å²) in [4.78, 5) is 13.0. The zero-order chi connectivity index (χ0) is 9.14. The van der Waals surface area contributed by atoms with Crippen molar-refractivity contribution < 1.29 is 9.31 Å². The van der Waals surface area contributed by atoms with Crippen molar-refractivity contribution >= 4 is 17.3 Å². The Hall–Kier alpha value is -1.23. The lowest BCUT2D eigenvalue weighted by atomic mass is 10.3. The molecule has 0 spiro atoms. The van der Waals surface area contributed by atoms with Crippen LogP contribution in [0.25, 0.3) is 0 Å².